The van der Waals surface area contributed by atoms with Gasteiger partial charge in [0, 0.05) is 7.05 Å². The Labute approximate surface area is 121 Å². The van der Waals surface area contributed by atoms with Gasteiger partial charge in [-0.15, -0.1) is 0 Å². The Morgan fingerprint density at radius 3 is 2.81 bits per heavy atom. The number of anilines is 1. The van der Waals surface area contributed by atoms with E-state index in [2.05, 4.69) is 15.0 Å². The second-order valence-corrected chi connectivity index (χ2v) is 6.12. The quantitative estimate of drug-likeness (QED) is 0.331. The van der Waals surface area contributed by atoms with Crippen LogP contribution in [0.15, 0.2) is 40.5 Å². The molecule has 0 bridgehead atoms. The van der Waals surface area contributed by atoms with Crippen LogP contribution in [-0.2, 0) is 17.1 Å². The van der Waals surface area contributed by atoms with Gasteiger partial charge in [0.2, 0.25) is 0 Å². The highest BCUT2D eigenvalue weighted by molar-refractivity contribution is 7.92. The number of aryl methyl sites for hydroxylation is 2. The molecule has 0 aliphatic rings. The SMILES string of the molecule is Cc1cccc(S(=O)(=O)Nc2c(C(N)=NO)cnn2C)c1. The summed E-state index contributed by atoms with van der Waals surface area (Å²) < 4.78 is 28.4. The zero-order valence-electron chi connectivity index (χ0n) is 11.5. The second-order valence-electron chi connectivity index (χ2n) is 4.44. The standard InChI is InChI=1S/C12H15N5O3S/c1-8-4-3-5-9(6-8)21(19,20)16-12-10(11(13)15-18)7-14-17(12)2/h3-7,16,18H,1-2H3,(H2,13,15). The first-order valence-electron chi connectivity index (χ1n) is 5.94. The van der Waals surface area contributed by atoms with Crippen molar-refractivity contribution in [2.24, 2.45) is 17.9 Å². The van der Waals surface area contributed by atoms with E-state index in [0.29, 0.717) is 0 Å². The highest BCUT2D eigenvalue weighted by Crippen LogP contribution is 2.20. The summed E-state index contributed by atoms with van der Waals surface area (Å²) in [5.41, 5.74) is 6.51. The molecule has 0 unspecified atom stereocenters. The van der Waals surface area contributed by atoms with Crippen molar-refractivity contribution >= 4 is 21.7 Å². The van der Waals surface area contributed by atoms with Crippen LogP contribution in [0.3, 0.4) is 0 Å². The third-order valence-corrected chi connectivity index (χ3v) is 4.19. The molecule has 0 amide bonds. The van der Waals surface area contributed by atoms with E-state index in [-0.39, 0.29) is 22.1 Å². The molecule has 0 fully saturated rings. The number of nitrogens with one attached hydrogen (secondary N) is 1. The van der Waals surface area contributed by atoms with Crippen LogP contribution in [0.25, 0.3) is 0 Å². The van der Waals surface area contributed by atoms with Crippen LogP contribution in [0.1, 0.15) is 11.1 Å². The molecule has 0 spiro atoms. The van der Waals surface area contributed by atoms with Gasteiger partial charge in [-0.25, -0.2) is 8.42 Å². The van der Waals surface area contributed by atoms with E-state index in [9.17, 15) is 8.42 Å². The maximum atomic E-state index is 12.4. The first kappa shape index (κ1) is 14.9. The van der Waals surface area contributed by atoms with Crippen molar-refractivity contribution in [1.29, 1.82) is 0 Å². The molecule has 0 atom stereocenters. The Morgan fingerprint density at radius 1 is 1.48 bits per heavy atom. The van der Waals surface area contributed by atoms with E-state index in [0.717, 1.165) is 5.56 Å². The molecular formula is C12H15N5O3S. The molecule has 9 heteroatoms. The fraction of sp³-hybridized carbons (Fsp3) is 0.167. The van der Waals surface area contributed by atoms with Gasteiger partial charge in [-0.2, -0.15) is 5.10 Å². The van der Waals surface area contributed by atoms with E-state index in [1.807, 2.05) is 0 Å². The molecule has 21 heavy (non-hydrogen) atoms. The number of rotatable bonds is 4. The molecule has 0 aliphatic heterocycles. The number of aromatic nitrogens is 2. The van der Waals surface area contributed by atoms with E-state index in [1.54, 1.807) is 32.2 Å². The summed E-state index contributed by atoms with van der Waals surface area (Å²) in [6, 6.07) is 6.47. The maximum Gasteiger partial charge on any atom is 0.263 e. The van der Waals surface area contributed by atoms with Gasteiger partial charge >= 0.3 is 0 Å². The average molecular weight is 309 g/mol. The fourth-order valence-corrected chi connectivity index (χ4v) is 2.98. The molecule has 1 heterocycles. The topological polar surface area (TPSA) is 123 Å². The van der Waals surface area contributed by atoms with Crippen molar-refractivity contribution < 1.29 is 13.6 Å². The molecule has 0 saturated heterocycles. The molecular weight excluding hydrogens is 294 g/mol. The van der Waals surface area contributed by atoms with Crippen molar-refractivity contribution in [3.63, 3.8) is 0 Å². The van der Waals surface area contributed by atoms with Crippen LogP contribution in [0.2, 0.25) is 0 Å². The van der Waals surface area contributed by atoms with Gasteiger partial charge < -0.3 is 10.9 Å². The lowest BCUT2D eigenvalue weighted by molar-refractivity contribution is 0.318. The van der Waals surface area contributed by atoms with Gasteiger partial charge in [0.15, 0.2) is 5.84 Å². The van der Waals surface area contributed by atoms with Crippen LogP contribution in [0.5, 0.6) is 0 Å². The maximum absolute atomic E-state index is 12.4. The van der Waals surface area contributed by atoms with Crippen molar-refractivity contribution in [2.75, 3.05) is 4.72 Å². The molecule has 2 aromatic rings. The van der Waals surface area contributed by atoms with Crippen LogP contribution in [0, 0.1) is 6.92 Å². The Kier molecular flexibility index (Phi) is 3.85. The normalized spacial score (nSPS) is 12.4. The number of nitrogens with zero attached hydrogens (tertiary/aromatic N) is 3. The zero-order valence-corrected chi connectivity index (χ0v) is 12.3. The van der Waals surface area contributed by atoms with Crippen LogP contribution in [0.4, 0.5) is 5.82 Å². The van der Waals surface area contributed by atoms with Crippen LogP contribution < -0.4 is 10.5 Å². The molecule has 8 nitrogen and oxygen atoms in total. The minimum Gasteiger partial charge on any atom is -0.409 e. The fourth-order valence-electron chi connectivity index (χ4n) is 1.77. The summed E-state index contributed by atoms with van der Waals surface area (Å²) in [6.07, 6.45) is 1.31. The zero-order chi connectivity index (χ0) is 15.6. The molecule has 0 radical (unpaired) electrons. The van der Waals surface area contributed by atoms with Crippen molar-refractivity contribution in [3.05, 3.63) is 41.6 Å². The number of hydrogen-bond acceptors (Lipinski definition) is 5. The molecule has 1 aromatic carbocycles. The molecule has 2 rings (SSSR count). The van der Waals surface area contributed by atoms with E-state index >= 15 is 0 Å². The van der Waals surface area contributed by atoms with Crippen molar-refractivity contribution in [2.45, 2.75) is 11.8 Å². The van der Waals surface area contributed by atoms with Gasteiger partial charge in [0.25, 0.3) is 10.0 Å². The predicted octanol–water partition coefficient (Wildman–Crippen LogP) is 0.624. The number of oxime groups is 1. The van der Waals surface area contributed by atoms with Crippen molar-refractivity contribution in [1.82, 2.24) is 9.78 Å². The van der Waals surface area contributed by atoms with Gasteiger partial charge in [-0.1, -0.05) is 17.3 Å². The molecule has 0 aliphatic carbocycles. The first-order chi connectivity index (χ1) is 9.85. The summed E-state index contributed by atoms with van der Waals surface area (Å²) in [6.45, 7) is 1.80. The lowest BCUT2D eigenvalue weighted by Crippen LogP contribution is -2.20. The van der Waals surface area contributed by atoms with Crippen molar-refractivity contribution in [3.8, 4) is 0 Å². The summed E-state index contributed by atoms with van der Waals surface area (Å²) >= 11 is 0. The number of amidine groups is 1. The van der Waals surface area contributed by atoms with Crippen LogP contribution >= 0.6 is 0 Å². The van der Waals surface area contributed by atoms with Gasteiger partial charge in [0.1, 0.15) is 5.82 Å². The predicted molar refractivity (Wildman–Crippen MR) is 77.7 cm³/mol. The Balaban J connectivity index is 2.45. The number of nitrogens with two attached hydrogens (primary N) is 1. The Hall–Kier alpha value is -2.55. The van der Waals surface area contributed by atoms with Crippen LogP contribution in [-0.4, -0.2) is 29.2 Å². The second kappa shape index (κ2) is 5.44. The highest BCUT2D eigenvalue weighted by atomic mass is 32.2. The Bertz CT molecular complexity index is 795. The minimum atomic E-state index is -3.80. The Morgan fingerprint density at radius 2 is 2.19 bits per heavy atom. The average Bonchev–Trinajstić information content (AvgIpc) is 2.79. The summed E-state index contributed by atoms with van der Waals surface area (Å²) in [7, 11) is -2.25. The summed E-state index contributed by atoms with van der Waals surface area (Å²) in [4.78, 5) is 0.120. The minimum absolute atomic E-state index is 0.117. The third-order valence-electron chi connectivity index (χ3n) is 2.85. The smallest absolute Gasteiger partial charge is 0.263 e. The molecule has 0 saturated carbocycles. The lowest BCUT2D eigenvalue weighted by atomic mass is 10.2. The number of benzene rings is 1. The number of hydrogen-bond donors (Lipinski definition) is 3. The number of sulfonamides is 1. The van der Waals surface area contributed by atoms with Gasteiger partial charge in [0.05, 0.1) is 16.7 Å². The molecule has 112 valence electrons. The van der Waals surface area contributed by atoms with E-state index in [4.69, 9.17) is 10.9 Å². The summed E-state index contributed by atoms with van der Waals surface area (Å²) in [5.74, 6) is -0.114. The van der Waals surface area contributed by atoms with E-state index < -0.39 is 10.0 Å². The molecule has 4 N–H and O–H groups in total. The highest BCUT2D eigenvalue weighted by Gasteiger charge is 2.20. The van der Waals surface area contributed by atoms with E-state index in [1.165, 1.54) is 16.9 Å². The first-order valence-corrected chi connectivity index (χ1v) is 7.43. The third kappa shape index (κ3) is 2.97. The molecule has 1 aromatic heterocycles. The monoisotopic (exact) mass is 309 g/mol. The summed E-state index contributed by atoms with van der Waals surface area (Å²) in [5, 5.41) is 15.5. The van der Waals surface area contributed by atoms with Gasteiger partial charge in [-0.05, 0) is 24.6 Å². The van der Waals surface area contributed by atoms with Gasteiger partial charge in [-0.3, -0.25) is 9.40 Å². The lowest BCUT2D eigenvalue weighted by Gasteiger charge is -2.10. The largest absolute Gasteiger partial charge is 0.409 e.